The van der Waals surface area contributed by atoms with Crippen molar-refractivity contribution in [2.24, 2.45) is 0 Å². The average Bonchev–Trinajstić information content (AvgIpc) is 2.57. The molecule has 1 atom stereocenters. The molecular formula is C11H20O. The molecule has 0 saturated carbocycles. The predicted molar refractivity (Wildman–Crippen MR) is 52.3 cm³/mol. The molecule has 1 rings (SSSR count). The Hall–Kier alpha value is -0.300. The number of hydrogen-bond acceptors (Lipinski definition) is 1. The van der Waals surface area contributed by atoms with Gasteiger partial charge in [-0.15, -0.1) is 6.58 Å². The smallest absolute Gasteiger partial charge is 0.0576 e. The second kappa shape index (κ2) is 6.24. The van der Waals surface area contributed by atoms with E-state index in [9.17, 15) is 0 Å². The number of rotatable bonds is 6. The maximum Gasteiger partial charge on any atom is 0.0576 e. The lowest BCUT2D eigenvalue weighted by atomic mass is 10.1. The zero-order valence-corrected chi connectivity index (χ0v) is 7.93. The van der Waals surface area contributed by atoms with Gasteiger partial charge in [0.05, 0.1) is 6.10 Å². The van der Waals surface area contributed by atoms with Crippen molar-refractivity contribution in [2.45, 2.75) is 51.0 Å². The Morgan fingerprint density at radius 2 is 2.25 bits per heavy atom. The van der Waals surface area contributed by atoms with Gasteiger partial charge < -0.3 is 4.74 Å². The Balaban J connectivity index is 1.84. The van der Waals surface area contributed by atoms with Gasteiger partial charge in [0.15, 0.2) is 0 Å². The zero-order chi connectivity index (χ0) is 8.65. The number of hydrogen-bond donors (Lipinski definition) is 0. The molecule has 1 aliphatic rings. The summed E-state index contributed by atoms with van der Waals surface area (Å²) in [4.78, 5) is 0. The summed E-state index contributed by atoms with van der Waals surface area (Å²) in [6.07, 6.45) is 11.6. The molecule has 0 spiro atoms. The van der Waals surface area contributed by atoms with Crippen molar-refractivity contribution in [3.8, 4) is 0 Å². The molecule has 1 heterocycles. The third-order valence-corrected chi connectivity index (χ3v) is 2.46. The minimum Gasteiger partial charge on any atom is -0.378 e. The van der Waals surface area contributed by atoms with Crippen LogP contribution in [-0.2, 0) is 4.74 Å². The Kier molecular flexibility index (Phi) is 5.09. The van der Waals surface area contributed by atoms with Crippen LogP contribution in [0.1, 0.15) is 44.9 Å². The highest BCUT2D eigenvalue weighted by molar-refractivity contribution is 4.67. The Labute approximate surface area is 75.8 Å². The summed E-state index contributed by atoms with van der Waals surface area (Å²) >= 11 is 0. The molecule has 1 unspecified atom stereocenters. The molecule has 0 N–H and O–H groups in total. The molecule has 1 heteroatoms. The minimum absolute atomic E-state index is 0.591. The predicted octanol–water partition coefficient (Wildman–Crippen LogP) is 3.30. The molecule has 12 heavy (non-hydrogen) atoms. The van der Waals surface area contributed by atoms with E-state index >= 15 is 0 Å². The molecular weight excluding hydrogens is 148 g/mol. The van der Waals surface area contributed by atoms with Crippen LogP contribution in [-0.4, -0.2) is 12.7 Å². The maximum absolute atomic E-state index is 5.54. The third kappa shape index (κ3) is 3.91. The van der Waals surface area contributed by atoms with Crippen LogP contribution in [0.15, 0.2) is 12.7 Å². The normalized spacial score (nSPS) is 22.8. The van der Waals surface area contributed by atoms with E-state index in [2.05, 4.69) is 6.58 Å². The van der Waals surface area contributed by atoms with Crippen LogP contribution in [0.5, 0.6) is 0 Å². The van der Waals surface area contributed by atoms with Crippen molar-refractivity contribution in [2.75, 3.05) is 6.61 Å². The lowest BCUT2D eigenvalue weighted by molar-refractivity contribution is 0.102. The summed E-state index contributed by atoms with van der Waals surface area (Å²) in [7, 11) is 0. The van der Waals surface area contributed by atoms with Crippen molar-refractivity contribution < 1.29 is 4.74 Å². The molecule has 1 aliphatic heterocycles. The lowest BCUT2D eigenvalue weighted by Crippen LogP contribution is -2.03. The molecule has 70 valence electrons. The monoisotopic (exact) mass is 168 g/mol. The summed E-state index contributed by atoms with van der Waals surface area (Å²) in [6, 6.07) is 0. The second-order valence-electron chi connectivity index (χ2n) is 3.56. The van der Waals surface area contributed by atoms with Crippen LogP contribution in [0.2, 0.25) is 0 Å². The molecule has 0 bridgehead atoms. The highest BCUT2D eigenvalue weighted by Gasteiger charge is 2.13. The largest absolute Gasteiger partial charge is 0.378 e. The first kappa shape index (κ1) is 9.79. The molecule has 0 aromatic carbocycles. The third-order valence-electron chi connectivity index (χ3n) is 2.46. The van der Waals surface area contributed by atoms with Crippen LogP contribution >= 0.6 is 0 Å². The number of unbranched alkanes of at least 4 members (excludes halogenated alkanes) is 3. The van der Waals surface area contributed by atoms with Gasteiger partial charge in [0.1, 0.15) is 0 Å². The average molecular weight is 168 g/mol. The van der Waals surface area contributed by atoms with E-state index in [0.717, 1.165) is 6.61 Å². The minimum atomic E-state index is 0.591. The second-order valence-corrected chi connectivity index (χ2v) is 3.56. The molecule has 1 fully saturated rings. The molecule has 0 radical (unpaired) electrons. The standard InChI is InChI=1S/C11H20O/c1-2-3-4-5-6-8-11-9-7-10-12-11/h2,11H,1,3-10H2. The van der Waals surface area contributed by atoms with E-state index < -0.39 is 0 Å². The fourth-order valence-electron chi connectivity index (χ4n) is 1.71. The van der Waals surface area contributed by atoms with Crippen LogP contribution in [0.3, 0.4) is 0 Å². The van der Waals surface area contributed by atoms with Crippen LogP contribution in [0, 0.1) is 0 Å². The summed E-state index contributed by atoms with van der Waals surface area (Å²) in [5.74, 6) is 0. The Morgan fingerprint density at radius 1 is 1.33 bits per heavy atom. The van der Waals surface area contributed by atoms with E-state index in [-0.39, 0.29) is 0 Å². The first-order valence-corrected chi connectivity index (χ1v) is 5.16. The van der Waals surface area contributed by atoms with Crippen LogP contribution in [0.4, 0.5) is 0 Å². The van der Waals surface area contributed by atoms with Crippen molar-refractivity contribution >= 4 is 0 Å². The van der Waals surface area contributed by atoms with Gasteiger partial charge in [0.2, 0.25) is 0 Å². The first-order valence-electron chi connectivity index (χ1n) is 5.16. The molecule has 0 aromatic rings. The van der Waals surface area contributed by atoms with Crippen molar-refractivity contribution in [1.82, 2.24) is 0 Å². The molecule has 0 aliphatic carbocycles. The summed E-state index contributed by atoms with van der Waals surface area (Å²) in [6.45, 7) is 4.71. The van der Waals surface area contributed by atoms with Gasteiger partial charge in [-0.3, -0.25) is 0 Å². The number of ether oxygens (including phenoxy) is 1. The number of allylic oxidation sites excluding steroid dienone is 1. The molecule has 0 amide bonds. The molecule has 1 nitrogen and oxygen atoms in total. The van der Waals surface area contributed by atoms with Crippen LogP contribution < -0.4 is 0 Å². The van der Waals surface area contributed by atoms with E-state index in [1.54, 1.807) is 0 Å². The van der Waals surface area contributed by atoms with E-state index in [1.807, 2.05) is 6.08 Å². The molecule has 0 aromatic heterocycles. The van der Waals surface area contributed by atoms with Gasteiger partial charge >= 0.3 is 0 Å². The van der Waals surface area contributed by atoms with Crippen molar-refractivity contribution in [3.05, 3.63) is 12.7 Å². The summed E-state index contributed by atoms with van der Waals surface area (Å²) < 4.78 is 5.54. The van der Waals surface area contributed by atoms with E-state index in [0.29, 0.717) is 6.10 Å². The molecule has 1 saturated heterocycles. The van der Waals surface area contributed by atoms with Crippen LogP contribution in [0.25, 0.3) is 0 Å². The van der Waals surface area contributed by atoms with Gasteiger partial charge in [-0.1, -0.05) is 18.9 Å². The van der Waals surface area contributed by atoms with Crippen molar-refractivity contribution in [1.29, 1.82) is 0 Å². The summed E-state index contributed by atoms with van der Waals surface area (Å²) in [5.41, 5.74) is 0. The van der Waals surface area contributed by atoms with Gasteiger partial charge in [0, 0.05) is 6.61 Å². The van der Waals surface area contributed by atoms with Crippen molar-refractivity contribution in [3.63, 3.8) is 0 Å². The van der Waals surface area contributed by atoms with Gasteiger partial charge in [0.25, 0.3) is 0 Å². The Bertz CT molecular complexity index is 114. The summed E-state index contributed by atoms with van der Waals surface area (Å²) in [5, 5.41) is 0. The highest BCUT2D eigenvalue weighted by Crippen LogP contribution is 2.18. The van der Waals surface area contributed by atoms with Gasteiger partial charge in [-0.25, -0.2) is 0 Å². The fraction of sp³-hybridized carbons (Fsp3) is 0.818. The highest BCUT2D eigenvalue weighted by atomic mass is 16.5. The zero-order valence-electron chi connectivity index (χ0n) is 7.93. The quantitative estimate of drug-likeness (QED) is 0.437. The SMILES string of the molecule is C=CCCCCCC1CCCO1. The lowest BCUT2D eigenvalue weighted by Gasteiger charge is -2.07. The maximum atomic E-state index is 5.54. The Morgan fingerprint density at radius 3 is 2.92 bits per heavy atom. The van der Waals surface area contributed by atoms with Gasteiger partial charge in [-0.2, -0.15) is 0 Å². The van der Waals surface area contributed by atoms with E-state index in [1.165, 1.54) is 44.9 Å². The fourth-order valence-corrected chi connectivity index (χ4v) is 1.71. The topological polar surface area (TPSA) is 9.23 Å². The van der Waals surface area contributed by atoms with Gasteiger partial charge in [-0.05, 0) is 32.1 Å². The van der Waals surface area contributed by atoms with E-state index in [4.69, 9.17) is 4.74 Å². The first-order chi connectivity index (χ1) is 5.93.